The Bertz CT molecular complexity index is 1260. The average Bonchev–Trinajstić information content (AvgIpc) is 3.20. The lowest BCUT2D eigenvalue weighted by Crippen LogP contribution is -2.33. The highest BCUT2D eigenvalue weighted by Gasteiger charge is 2.31. The van der Waals surface area contributed by atoms with E-state index in [1.54, 1.807) is 11.0 Å². The number of carbonyl (C=O) groups is 1. The van der Waals surface area contributed by atoms with Crippen molar-refractivity contribution in [2.75, 3.05) is 26.3 Å². The van der Waals surface area contributed by atoms with Gasteiger partial charge >= 0.3 is 6.18 Å². The molecule has 1 amide bonds. The maximum absolute atomic E-state index is 13.9. The number of ether oxygens (including phenoxy) is 1. The maximum Gasteiger partial charge on any atom is 0.408 e. The topological polar surface area (TPSA) is 60.2 Å². The van der Waals surface area contributed by atoms with E-state index >= 15 is 0 Å². The number of hydrogen-bond donors (Lipinski definition) is 0. The largest absolute Gasteiger partial charge is 0.408 e. The Morgan fingerprint density at radius 2 is 2.00 bits per heavy atom. The van der Waals surface area contributed by atoms with Crippen LogP contribution >= 0.6 is 0 Å². The van der Waals surface area contributed by atoms with Gasteiger partial charge in [-0.1, -0.05) is 12.1 Å². The molecule has 0 bridgehead atoms. The summed E-state index contributed by atoms with van der Waals surface area (Å²) in [5.41, 5.74) is 2.50. The first-order chi connectivity index (χ1) is 15.8. The number of pyridine rings is 1. The SMILES string of the molecule is O=C(c1cc2c(cn1)c(C1=CCc3ccc(F)cc31)nn2CC(F)(F)F)N1CCCOCC1. The molecule has 0 radical (unpaired) electrons. The van der Waals surface area contributed by atoms with Crippen LogP contribution in [-0.2, 0) is 17.7 Å². The van der Waals surface area contributed by atoms with Crippen molar-refractivity contribution in [1.82, 2.24) is 19.7 Å². The number of fused-ring (bicyclic) bond motifs is 2. The van der Waals surface area contributed by atoms with Crippen LogP contribution < -0.4 is 0 Å². The lowest BCUT2D eigenvalue weighted by molar-refractivity contribution is -0.141. The Balaban J connectivity index is 1.59. The van der Waals surface area contributed by atoms with E-state index in [4.69, 9.17) is 4.74 Å². The number of allylic oxidation sites excluding steroid dienone is 1. The van der Waals surface area contributed by atoms with Crippen LogP contribution in [-0.4, -0.2) is 58.1 Å². The predicted molar refractivity (Wildman–Crippen MR) is 112 cm³/mol. The van der Waals surface area contributed by atoms with Gasteiger partial charge in [0.15, 0.2) is 0 Å². The van der Waals surface area contributed by atoms with E-state index < -0.39 is 18.5 Å². The van der Waals surface area contributed by atoms with Gasteiger partial charge < -0.3 is 9.64 Å². The molecule has 0 spiro atoms. The van der Waals surface area contributed by atoms with Crippen molar-refractivity contribution in [3.8, 4) is 0 Å². The third-order valence-corrected chi connectivity index (χ3v) is 5.84. The molecule has 2 aromatic heterocycles. The minimum atomic E-state index is -4.51. The van der Waals surface area contributed by atoms with Gasteiger partial charge in [0.25, 0.3) is 5.91 Å². The molecule has 0 atom stereocenters. The molecule has 1 aliphatic carbocycles. The molecule has 172 valence electrons. The fraction of sp³-hybridized carbons (Fsp3) is 0.348. The third-order valence-electron chi connectivity index (χ3n) is 5.84. The van der Waals surface area contributed by atoms with E-state index in [1.165, 1.54) is 24.4 Å². The average molecular weight is 460 g/mol. The van der Waals surface area contributed by atoms with Crippen molar-refractivity contribution in [3.05, 3.63) is 64.9 Å². The minimum Gasteiger partial charge on any atom is -0.380 e. The first-order valence-electron chi connectivity index (χ1n) is 10.6. The van der Waals surface area contributed by atoms with Gasteiger partial charge in [0.05, 0.1) is 12.1 Å². The number of alkyl halides is 3. The lowest BCUT2D eigenvalue weighted by atomic mass is 10.0. The van der Waals surface area contributed by atoms with Gasteiger partial charge in [-0.25, -0.2) is 4.39 Å². The summed E-state index contributed by atoms with van der Waals surface area (Å²) in [4.78, 5) is 18.8. The zero-order valence-corrected chi connectivity index (χ0v) is 17.5. The van der Waals surface area contributed by atoms with Crippen LogP contribution in [0.25, 0.3) is 16.5 Å². The van der Waals surface area contributed by atoms with Crippen molar-refractivity contribution in [3.63, 3.8) is 0 Å². The van der Waals surface area contributed by atoms with E-state index in [2.05, 4.69) is 10.1 Å². The van der Waals surface area contributed by atoms with Gasteiger partial charge in [0, 0.05) is 36.9 Å². The van der Waals surface area contributed by atoms with Crippen molar-refractivity contribution >= 4 is 22.4 Å². The molecule has 0 N–H and O–H groups in total. The van der Waals surface area contributed by atoms with E-state index in [1.807, 2.05) is 6.08 Å². The van der Waals surface area contributed by atoms with E-state index in [0.29, 0.717) is 55.7 Å². The summed E-state index contributed by atoms with van der Waals surface area (Å²) in [6.45, 7) is 0.507. The molecule has 6 nitrogen and oxygen atoms in total. The van der Waals surface area contributed by atoms with Crippen molar-refractivity contribution in [2.45, 2.75) is 25.6 Å². The van der Waals surface area contributed by atoms with E-state index in [9.17, 15) is 22.4 Å². The Morgan fingerprint density at radius 1 is 1.15 bits per heavy atom. The van der Waals surface area contributed by atoms with Crippen LogP contribution in [0.1, 0.15) is 33.7 Å². The number of halogens is 4. The van der Waals surface area contributed by atoms with E-state index in [-0.39, 0.29) is 22.8 Å². The molecule has 1 aliphatic heterocycles. The summed E-state index contributed by atoms with van der Waals surface area (Å²) in [6, 6.07) is 5.72. The molecular weight excluding hydrogens is 440 g/mol. The third kappa shape index (κ3) is 4.22. The molecule has 3 aromatic rings. The zero-order chi connectivity index (χ0) is 23.2. The highest BCUT2D eigenvalue weighted by atomic mass is 19.4. The van der Waals surface area contributed by atoms with Crippen molar-refractivity contribution < 1.29 is 27.1 Å². The van der Waals surface area contributed by atoms with E-state index in [0.717, 1.165) is 10.2 Å². The second-order valence-electron chi connectivity index (χ2n) is 8.09. The first-order valence-corrected chi connectivity index (χ1v) is 10.6. The number of aromatic nitrogens is 3. The summed E-state index contributed by atoms with van der Waals surface area (Å²) in [5.74, 6) is -0.802. The Kier molecular flexibility index (Phi) is 5.40. The number of amides is 1. The highest BCUT2D eigenvalue weighted by Crippen LogP contribution is 2.36. The van der Waals surface area contributed by atoms with Crippen LogP contribution in [0.5, 0.6) is 0 Å². The van der Waals surface area contributed by atoms with Crippen molar-refractivity contribution in [1.29, 1.82) is 0 Å². The number of nitrogens with zero attached hydrogens (tertiary/aromatic N) is 4. The summed E-state index contributed by atoms with van der Waals surface area (Å²) in [5, 5.41) is 4.61. The summed E-state index contributed by atoms with van der Waals surface area (Å²) >= 11 is 0. The first kappa shape index (κ1) is 21.6. The lowest BCUT2D eigenvalue weighted by Gasteiger charge is -2.19. The maximum atomic E-state index is 13.9. The number of rotatable bonds is 3. The van der Waals surface area contributed by atoms with Gasteiger partial charge in [0.2, 0.25) is 0 Å². The van der Waals surface area contributed by atoms with Crippen LogP contribution in [0, 0.1) is 5.82 Å². The molecule has 0 unspecified atom stereocenters. The number of benzene rings is 1. The smallest absolute Gasteiger partial charge is 0.380 e. The molecule has 3 heterocycles. The molecule has 1 fully saturated rings. The summed E-state index contributed by atoms with van der Waals surface area (Å²) in [7, 11) is 0. The normalized spacial score (nSPS) is 16.6. The Labute approximate surface area is 186 Å². The van der Waals surface area contributed by atoms with Crippen LogP contribution in [0.2, 0.25) is 0 Å². The second-order valence-corrected chi connectivity index (χ2v) is 8.09. The molecular formula is C23H20F4N4O2. The fourth-order valence-electron chi connectivity index (χ4n) is 4.31. The van der Waals surface area contributed by atoms with Gasteiger partial charge in [-0.15, -0.1) is 0 Å². The summed E-state index contributed by atoms with van der Waals surface area (Å²) in [6.07, 6.45) is -0.113. The molecule has 1 aromatic carbocycles. The van der Waals surface area contributed by atoms with Crippen LogP contribution in [0.3, 0.4) is 0 Å². The van der Waals surface area contributed by atoms with Gasteiger partial charge in [-0.2, -0.15) is 18.3 Å². The Hall–Kier alpha value is -3.27. The van der Waals surface area contributed by atoms with Gasteiger partial charge in [0.1, 0.15) is 23.7 Å². The minimum absolute atomic E-state index is 0.0473. The molecule has 33 heavy (non-hydrogen) atoms. The Morgan fingerprint density at radius 3 is 2.82 bits per heavy atom. The monoisotopic (exact) mass is 460 g/mol. The molecule has 2 aliphatic rings. The molecule has 10 heteroatoms. The second kappa shape index (κ2) is 8.26. The van der Waals surface area contributed by atoms with Gasteiger partial charge in [-0.05, 0) is 42.2 Å². The number of hydrogen-bond acceptors (Lipinski definition) is 4. The summed E-state index contributed by atoms with van der Waals surface area (Å²) < 4.78 is 60.0. The molecule has 5 rings (SSSR count). The predicted octanol–water partition coefficient (Wildman–Crippen LogP) is 3.98. The van der Waals surface area contributed by atoms with Crippen molar-refractivity contribution in [2.24, 2.45) is 0 Å². The quantitative estimate of drug-likeness (QED) is 0.555. The highest BCUT2D eigenvalue weighted by molar-refractivity contribution is 6.00. The molecule has 0 saturated carbocycles. The van der Waals surface area contributed by atoms with Crippen LogP contribution in [0.15, 0.2) is 36.5 Å². The standard InChI is InChI=1S/C23H20F4N4O2/c24-15-4-2-14-3-5-16(17(14)10-15)21-18-12-28-19(22(32)30-6-1-8-33-9-7-30)11-20(18)31(29-21)13-23(25,26)27/h2,4-5,10-12H,1,3,6-9,13H2. The van der Waals surface area contributed by atoms with Crippen LogP contribution in [0.4, 0.5) is 17.6 Å². The number of carbonyl (C=O) groups excluding carboxylic acids is 1. The fourth-order valence-corrected chi connectivity index (χ4v) is 4.31. The van der Waals surface area contributed by atoms with Gasteiger partial charge in [-0.3, -0.25) is 14.5 Å². The zero-order valence-electron chi connectivity index (χ0n) is 17.5. The molecule has 1 saturated heterocycles.